The van der Waals surface area contributed by atoms with Crippen LogP contribution >= 0.6 is 23.2 Å². The Morgan fingerprint density at radius 2 is 2.05 bits per heavy atom. The minimum atomic E-state index is -3.92. The Bertz CT molecular complexity index is 646. The molecule has 1 saturated heterocycles. The molecule has 0 aromatic carbocycles. The van der Waals surface area contributed by atoms with Gasteiger partial charge in [-0.15, -0.1) is 0 Å². The van der Waals surface area contributed by atoms with Crippen LogP contribution in [-0.2, 0) is 14.8 Å². The SMILES string of the molecule is CC(C)C1CC(=O)N(S(=O)(=O)c2cnc(Cl)c(Cl)c2)C1. The van der Waals surface area contributed by atoms with Crippen LogP contribution in [0.15, 0.2) is 17.2 Å². The van der Waals surface area contributed by atoms with Gasteiger partial charge >= 0.3 is 0 Å². The zero-order valence-electron chi connectivity index (χ0n) is 11.0. The third-order valence-electron chi connectivity index (χ3n) is 3.42. The first-order valence-electron chi connectivity index (χ1n) is 6.10. The van der Waals surface area contributed by atoms with E-state index in [1.54, 1.807) is 0 Å². The summed E-state index contributed by atoms with van der Waals surface area (Å²) >= 11 is 11.4. The fourth-order valence-electron chi connectivity index (χ4n) is 2.06. The highest BCUT2D eigenvalue weighted by molar-refractivity contribution is 7.89. The Balaban J connectivity index is 2.35. The molecule has 5 nitrogen and oxygen atoms in total. The molecule has 1 atom stereocenters. The van der Waals surface area contributed by atoms with Crippen molar-refractivity contribution in [2.45, 2.75) is 25.2 Å². The Morgan fingerprint density at radius 3 is 2.55 bits per heavy atom. The number of halogens is 2. The molecule has 0 saturated carbocycles. The van der Waals surface area contributed by atoms with Gasteiger partial charge in [0.25, 0.3) is 10.0 Å². The summed E-state index contributed by atoms with van der Waals surface area (Å²) in [6.07, 6.45) is 1.35. The maximum absolute atomic E-state index is 12.4. The van der Waals surface area contributed by atoms with Crippen LogP contribution < -0.4 is 0 Å². The molecular weight excluding hydrogens is 323 g/mol. The van der Waals surface area contributed by atoms with Gasteiger partial charge in [0.2, 0.25) is 5.91 Å². The monoisotopic (exact) mass is 336 g/mol. The zero-order valence-corrected chi connectivity index (χ0v) is 13.3. The molecule has 1 fully saturated rings. The summed E-state index contributed by atoms with van der Waals surface area (Å²) in [5, 5.41) is 0.0678. The van der Waals surface area contributed by atoms with Gasteiger partial charge in [-0.05, 0) is 17.9 Å². The van der Waals surface area contributed by atoms with Crippen LogP contribution in [-0.4, -0.2) is 30.2 Å². The number of sulfonamides is 1. The lowest BCUT2D eigenvalue weighted by Crippen LogP contribution is -2.32. The number of carbonyl (C=O) groups excluding carboxylic acids is 1. The summed E-state index contributed by atoms with van der Waals surface area (Å²) in [5.74, 6) is -0.117. The third-order valence-corrected chi connectivity index (χ3v) is 5.86. The van der Waals surface area contributed by atoms with Crippen molar-refractivity contribution in [3.8, 4) is 0 Å². The predicted octanol–water partition coefficient (Wildman–Crippen LogP) is 2.58. The van der Waals surface area contributed by atoms with Gasteiger partial charge in [0.15, 0.2) is 0 Å². The Morgan fingerprint density at radius 1 is 1.40 bits per heavy atom. The van der Waals surface area contributed by atoms with Crippen molar-refractivity contribution in [2.24, 2.45) is 11.8 Å². The average molecular weight is 337 g/mol. The largest absolute Gasteiger partial charge is 0.274 e. The van der Waals surface area contributed by atoms with E-state index in [1.165, 1.54) is 6.07 Å². The number of amides is 1. The van der Waals surface area contributed by atoms with E-state index in [2.05, 4.69) is 4.98 Å². The lowest BCUT2D eigenvalue weighted by atomic mass is 9.95. The molecule has 0 spiro atoms. The van der Waals surface area contributed by atoms with Gasteiger partial charge in [-0.25, -0.2) is 17.7 Å². The fraction of sp³-hybridized carbons (Fsp3) is 0.500. The highest BCUT2D eigenvalue weighted by atomic mass is 35.5. The van der Waals surface area contributed by atoms with Crippen LogP contribution in [0, 0.1) is 11.8 Å². The van der Waals surface area contributed by atoms with Crippen LogP contribution in [0.25, 0.3) is 0 Å². The van der Waals surface area contributed by atoms with Gasteiger partial charge in [0.1, 0.15) is 10.0 Å². The molecule has 110 valence electrons. The highest BCUT2D eigenvalue weighted by Gasteiger charge is 2.39. The summed E-state index contributed by atoms with van der Waals surface area (Å²) in [4.78, 5) is 15.5. The van der Waals surface area contributed by atoms with E-state index in [-0.39, 0.29) is 39.9 Å². The normalized spacial score (nSPS) is 19.9. The molecule has 20 heavy (non-hydrogen) atoms. The van der Waals surface area contributed by atoms with E-state index in [1.807, 2.05) is 13.8 Å². The summed E-state index contributed by atoms with van der Waals surface area (Å²) in [6.45, 7) is 4.13. The lowest BCUT2D eigenvalue weighted by Gasteiger charge is -2.18. The maximum Gasteiger partial charge on any atom is 0.268 e. The standard InChI is InChI=1S/C12H14Cl2N2O3S/c1-7(2)8-3-11(17)16(6-8)20(18,19)9-4-10(13)12(14)15-5-9/h4-5,7-8H,3,6H2,1-2H3. The van der Waals surface area contributed by atoms with Gasteiger partial charge in [-0.2, -0.15) is 0 Å². The topological polar surface area (TPSA) is 67.3 Å². The van der Waals surface area contributed by atoms with E-state index in [4.69, 9.17) is 23.2 Å². The summed E-state index contributed by atoms with van der Waals surface area (Å²) in [7, 11) is -3.92. The molecule has 0 bridgehead atoms. The summed E-state index contributed by atoms with van der Waals surface area (Å²) in [5.41, 5.74) is 0. The van der Waals surface area contributed by atoms with E-state index in [0.29, 0.717) is 0 Å². The van der Waals surface area contributed by atoms with Gasteiger partial charge in [-0.1, -0.05) is 37.0 Å². The Hall–Kier alpha value is -0.850. The number of carbonyl (C=O) groups is 1. The minimum absolute atomic E-state index is 0.0263. The molecule has 8 heteroatoms. The number of pyridine rings is 1. The number of hydrogen-bond donors (Lipinski definition) is 0. The van der Waals surface area contributed by atoms with Crippen molar-refractivity contribution >= 4 is 39.1 Å². The number of rotatable bonds is 3. The van der Waals surface area contributed by atoms with E-state index in [0.717, 1.165) is 10.5 Å². The molecule has 1 aromatic rings. The van der Waals surface area contributed by atoms with Crippen molar-refractivity contribution in [3.63, 3.8) is 0 Å². The van der Waals surface area contributed by atoms with Crippen molar-refractivity contribution in [3.05, 3.63) is 22.4 Å². The third kappa shape index (κ3) is 2.77. The molecule has 1 amide bonds. The average Bonchev–Trinajstić information content (AvgIpc) is 2.75. The second-order valence-electron chi connectivity index (χ2n) is 5.08. The summed E-state index contributed by atoms with van der Waals surface area (Å²) in [6, 6.07) is 1.21. The molecule has 0 N–H and O–H groups in total. The first-order valence-corrected chi connectivity index (χ1v) is 8.29. The van der Waals surface area contributed by atoms with Crippen LogP contribution in [0.3, 0.4) is 0 Å². The molecule has 0 radical (unpaired) electrons. The molecule has 1 aromatic heterocycles. The van der Waals surface area contributed by atoms with Gasteiger partial charge in [-0.3, -0.25) is 4.79 Å². The number of nitrogens with zero attached hydrogens (tertiary/aromatic N) is 2. The lowest BCUT2D eigenvalue weighted by molar-refractivity contribution is -0.123. The van der Waals surface area contributed by atoms with Gasteiger partial charge in [0.05, 0.1) is 5.02 Å². The molecule has 2 rings (SSSR count). The molecule has 1 unspecified atom stereocenters. The van der Waals surface area contributed by atoms with Crippen molar-refractivity contribution < 1.29 is 13.2 Å². The minimum Gasteiger partial charge on any atom is -0.274 e. The van der Waals surface area contributed by atoms with Crippen molar-refractivity contribution in [1.29, 1.82) is 0 Å². The summed E-state index contributed by atoms with van der Waals surface area (Å²) < 4.78 is 25.8. The highest BCUT2D eigenvalue weighted by Crippen LogP contribution is 2.31. The van der Waals surface area contributed by atoms with E-state index >= 15 is 0 Å². The Kier molecular flexibility index (Phi) is 4.27. The fourth-order valence-corrected chi connectivity index (χ4v) is 3.83. The quantitative estimate of drug-likeness (QED) is 0.795. The van der Waals surface area contributed by atoms with Gasteiger partial charge < -0.3 is 0 Å². The Labute approximate surface area is 127 Å². The van der Waals surface area contributed by atoms with E-state index < -0.39 is 15.9 Å². The number of aromatic nitrogens is 1. The second-order valence-corrected chi connectivity index (χ2v) is 7.71. The number of hydrogen-bond acceptors (Lipinski definition) is 4. The molecule has 0 aliphatic carbocycles. The zero-order chi connectivity index (χ0) is 15.1. The molecule has 1 aliphatic heterocycles. The smallest absolute Gasteiger partial charge is 0.268 e. The second kappa shape index (κ2) is 5.50. The van der Waals surface area contributed by atoms with Crippen LogP contribution in [0.5, 0.6) is 0 Å². The van der Waals surface area contributed by atoms with E-state index in [9.17, 15) is 13.2 Å². The molecule has 1 aliphatic rings. The van der Waals surface area contributed by atoms with Crippen molar-refractivity contribution in [2.75, 3.05) is 6.54 Å². The van der Waals surface area contributed by atoms with Gasteiger partial charge in [0, 0.05) is 19.2 Å². The van der Waals surface area contributed by atoms with Crippen LogP contribution in [0.2, 0.25) is 10.2 Å². The predicted molar refractivity (Wildman–Crippen MR) is 76.1 cm³/mol. The molecule has 2 heterocycles. The van der Waals surface area contributed by atoms with Crippen LogP contribution in [0.4, 0.5) is 0 Å². The van der Waals surface area contributed by atoms with Crippen LogP contribution in [0.1, 0.15) is 20.3 Å². The maximum atomic E-state index is 12.4. The first kappa shape index (κ1) is 15.5. The molecular formula is C12H14Cl2N2O3S. The van der Waals surface area contributed by atoms with Crippen molar-refractivity contribution in [1.82, 2.24) is 9.29 Å². The first-order chi connectivity index (χ1) is 9.23.